The van der Waals surface area contributed by atoms with Gasteiger partial charge in [-0.2, -0.15) is 9.97 Å². The van der Waals surface area contributed by atoms with Crippen molar-refractivity contribution in [1.29, 1.82) is 0 Å². The van der Waals surface area contributed by atoms with Crippen molar-refractivity contribution in [2.75, 3.05) is 21.6 Å². The molecule has 0 saturated heterocycles. The summed E-state index contributed by atoms with van der Waals surface area (Å²) in [5, 5.41) is 15.9. The lowest BCUT2D eigenvalue weighted by molar-refractivity contribution is 0.280. The van der Waals surface area contributed by atoms with Crippen molar-refractivity contribution in [2.45, 2.75) is 13.2 Å². The van der Waals surface area contributed by atoms with Crippen LogP contribution in [0.25, 0.3) is 11.2 Å². The van der Waals surface area contributed by atoms with Gasteiger partial charge in [0.15, 0.2) is 11.5 Å². The van der Waals surface area contributed by atoms with Gasteiger partial charge in [0.2, 0.25) is 16.0 Å². The Labute approximate surface area is 178 Å². The van der Waals surface area contributed by atoms with Crippen molar-refractivity contribution in [3.8, 4) is 0 Å². The summed E-state index contributed by atoms with van der Waals surface area (Å²) < 4.78 is 25.4. The average molecular weight is 440 g/mol. The second-order valence-electron chi connectivity index (χ2n) is 6.86. The Kier molecular flexibility index (Phi) is 5.69. The zero-order chi connectivity index (χ0) is 21.8. The largest absolute Gasteiger partial charge is 0.392 e. The Bertz CT molecular complexity index is 1320. The van der Waals surface area contributed by atoms with E-state index >= 15 is 0 Å². The Hall–Kier alpha value is -3.70. The molecule has 0 aliphatic rings. The highest BCUT2D eigenvalue weighted by Gasteiger charge is 2.12. The second kappa shape index (κ2) is 8.58. The first-order valence-electron chi connectivity index (χ1n) is 9.39. The van der Waals surface area contributed by atoms with Crippen LogP contribution in [0.1, 0.15) is 11.1 Å². The van der Waals surface area contributed by atoms with Crippen molar-refractivity contribution in [3.05, 3.63) is 66.0 Å². The first-order chi connectivity index (χ1) is 14.9. The van der Waals surface area contributed by atoms with Crippen molar-refractivity contribution >= 4 is 44.3 Å². The number of H-pyrrole nitrogens is 1. The number of aliphatic hydroxyl groups is 1. The van der Waals surface area contributed by atoms with Gasteiger partial charge < -0.3 is 20.7 Å². The summed E-state index contributed by atoms with van der Waals surface area (Å²) in [6.07, 6.45) is 2.63. The number of aliphatic hydroxyl groups excluding tert-OH is 1. The Morgan fingerprint density at radius 2 is 1.81 bits per heavy atom. The molecule has 160 valence electrons. The lowest BCUT2D eigenvalue weighted by Gasteiger charge is -2.12. The molecule has 0 spiro atoms. The van der Waals surface area contributed by atoms with Crippen molar-refractivity contribution in [2.24, 2.45) is 0 Å². The molecule has 2 aromatic heterocycles. The topological polar surface area (TPSA) is 145 Å². The molecular weight excluding hydrogens is 418 g/mol. The highest BCUT2D eigenvalue weighted by molar-refractivity contribution is 7.92. The van der Waals surface area contributed by atoms with Gasteiger partial charge in [-0.15, -0.1) is 0 Å². The van der Waals surface area contributed by atoms with Crippen LogP contribution in [-0.4, -0.2) is 39.7 Å². The summed E-state index contributed by atoms with van der Waals surface area (Å²) in [5.74, 6) is 0.832. The SMILES string of the molecule is CS(=O)(=O)Nc1cccc(Nc2nc(NCc3ccccc3CO)c3nc[nH]c3n2)c1. The zero-order valence-electron chi connectivity index (χ0n) is 16.6. The first-order valence-corrected chi connectivity index (χ1v) is 11.3. The second-order valence-corrected chi connectivity index (χ2v) is 8.60. The molecule has 2 heterocycles. The van der Waals surface area contributed by atoms with E-state index in [0.717, 1.165) is 17.4 Å². The van der Waals surface area contributed by atoms with Crippen LogP contribution in [0.5, 0.6) is 0 Å². The lowest BCUT2D eigenvalue weighted by atomic mass is 10.1. The molecule has 0 aliphatic carbocycles. The van der Waals surface area contributed by atoms with Crippen LogP contribution in [0.2, 0.25) is 0 Å². The molecule has 0 saturated carbocycles. The molecule has 0 atom stereocenters. The Balaban J connectivity index is 1.59. The van der Waals surface area contributed by atoms with Gasteiger partial charge in [0.05, 0.1) is 24.9 Å². The molecule has 0 fully saturated rings. The molecule has 0 radical (unpaired) electrons. The van der Waals surface area contributed by atoms with Crippen LogP contribution >= 0.6 is 0 Å². The summed E-state index contributed by atoms with van der Waals surface area (Å²) in [6.45, 7) is 0.396. The van der Waals surface area contributed by atoms with Crippen molar-refractivity contribution in [1.82, 2.24) is 19.9 Å². The van der Waals surface area contributed by atoms with E-state index in [1.165, 1.54) is 6.33 Å². The maximum atomic E-state index is 11.5. The van der Waals surface area contributed by atoms with Gasteiger partial charge in [-0.05, 0) is 29.3 Å². The van der Waals surface area contributed by atoms with Gasteiger partial charge >= 0.3 is 0 Å². The molecule has 0 bridgehead atoms. The monoisotopic (exact) mass is 439 g/mol. The number of aromatic nitrogens is 4. The molecule has 5 N–H and O–H groups in total. The molecular formula is C20H21N7O3S. The van der Waals surface area contributed by atoms with E-state index in [1.807, 2.05) is 24.3 Å². The number of aromatic amines is 1. The lowest BCUT2D eigenvalue weighted by Crippen LogP contribution is -2.10. The molecule has 2 aromatic carbocycles. The minimum atomic E-state index is -3.38. The fraction of sp³-hybridized carbons (Fsp3) is 0.150. The van der Waals surface area contributed by atoms with Crippen LogP contribution in [-0.2, 0) is 23.2 Å². The molecule has 11 heteroatoms. The maximum absolute atomic E-state index is 11.5. The molecule has 31 heavy (non-hydrogen) atoms. The minimum absolute atomic E-state index is 0.0515. The van der Waals surface area contributed by atoms with Gasteiger partial charge in [-0.3, -0.25) is 4.72 Å². The Morgan fingerprint density at radius 1 is 1.03 bits per heavy atom. The van der Waals surface area contributed by atoms with Crippen LogP contribution in [0.3, 0.4) is 0 Å². The number of sulfonamides is 1. The van der Waals surface area contributed by atoms with E-state index in [1.54, 1.807) is 24.3 Å². The van der Waals surface area contributed by atoms with E-state index in [0.29, 0.717) is 40.8 Å². The predicted octanol–water partition coefficient (Wildman–Crippen LogP) is 2.57. The third-order valence-corrected chi connectivity index (χ3v) is 5.04. The highest BCUT2D eigenvalue weighted by atomic mass is 32.2. The first kappa shape index (κ1) is 20.6. The van der Waals surface area contributed by atoms with Gasteiger partial charge in [-0.1, -0.05) is 30.3 Å². The van der Waals surface area contributed by atoms with Gasteiger partial charge in [0.1, 0.15) is 5.52 Å². The maximum Gasteiger partial charge on any atom is 0.231 e. The number of nitrogens with zero attached hydrogens (tertiary/aromatic N) is 3. The molecule has 10 nitrogen and oxygen atoms in total. The number of fused-ring (bicyclic) bond motifs is 1. The smallest absolute Gasteiger partial charge is 0.231 e. The van der Waals surface area contributed by atoms with Gasteiger partial charge in [0, 0.05) is 12.2 Å². The van der Waals surface area contributed by atoms with Crippen LogP contribution < -0.4 is 15.4 Å². The zero-order valence-corrected chi connectivity index (χ0v) is 17.4. The van der Waals surface area contributed by atoms with E-state index in [9.17, 15) is 13.5 Å². The summed E-state index contributed by atoms with van der Waals surface area (Å²) in [6, 6.07) is 14.4. The number of rotatable bonds is 8. The van der Waals surface area contributed by atoms with Crippen LogP contribution in [0, 0.1) is 0 Å². The molecule has 4 aromatic rings. The fourth-order valence-corrected chi connectivity index (χ4v) is 3.64. The van der Waals surface area contributed by atoms with Crippen LogP contribution in [0.15, 0.2) is 54.9 Å². The fourth-order valence-electron chi connectivity index (χ4n) is 3.08. The average Bonchev–Trinajstić information content (AvgIpc) is 3.20. The molecule has 0 aliphatic heterocycles. The summed E-state index contributed by atoms with van der Waals surface area (Å²) in [4.78, 5) is 16.2. The van der Waals surface area contributed by atoms with Crippen LogP contribution in [0.4, 0.5) is 23.1 Å². The van der Waals surface area contributed by atoms with Gasteiger partial charge in [-0.25, -0.2) is 13.4 Å². The van der Waals surface area contributed by atoms with E-state index < -0.39 is 10.0 Å². The minimum Gasteiger partial charge on any atom is -0.392 e. The number of hydrogen-bond donors (Lipinski definition) is 5. The Morgan fingerprint density at radius 3 is 2.58 bits per heavy atom. The number of nitrogens with one attached hydrogen (secondary N) is 4. The van der Waals surface area contributed by atoms with Crippen molar-refractivity contribution in [3.63, 3.8) is 0 Å². The molecule has 0 unspecified atom stereocenters. The highest BCUT2D eigenvalue weighted by Crippen LogP contribution is 2.23. The van der Waals surface area contributed by atoms with E-state index in [4.69, 9.17) is 0 Å². The summed E-state index contributed by atoms with van der Waals surface area (Å²) >= 11 is 0. The third-order valence-electron chi connectivity index (χ3n) is 4.44. The summed E-state index contributed by atoms with van der Waals surface area (Å²) in [5.41, 5.74) is 3.94. The third kappa shape index (κ3) is 5.08. The van der Waals surface area contributed by atoms with Crippen molar-refractivity contribution < 1.29 is 13.5 Å². The quantitative estimate of drug-likeness (QED) is 0.282. The summed E-state index contributed by atoms with van der Waals surface area (Å²) in [7, 11) is -3.38. The van der Waals surface area contributed by atoms with E-state index in [-0.39, 0.29) is 6.61 Å². The van der Waals surface area contributed by atoms with Gasteiger partial charge in [0.25, 0.3) is 0 Å². The molecule has 4 rings (SSSR count). The number of anilines is 4. The normalized spacial score (nSPS) is 11.4. The number of hydrogen-bond acceptors (Lipinski definition) is 8. The number of imidazole rings is 1. The van der Waals surface area contributed by atoms with E-state index in [2.05, 4.69) is 35.3 Å². The predicted molar refractivity (Wildman–Crippen MR) is 120 cm³/mol. The number of benzene rings is 2. The molecule has 0 amide bonds. The standard InChI is InChI=1S/C20H21N7O3S/c1-31(29,30)27-16-8-4-7-15(9-16)24-20-25-18(17-19(26-20)23-12-22-17)21-10-13-5-2-3-6-14(13)11-28/h2-9,12,27-28H,10-11H2,1H3,(H3,21,22,23,24,25,26).